The van der Waals surface area contributed by atoms with E-state index in [0.717, 1.165) is 12.1 Å². The Bertz CT molecular complexity index is 715. The first-order valence-electron chi connectivity index (χ1n) is 7.68. The molecule has 0 fully saturated rings. The first kappa shape index (κ1) is 12.0. The summed E-state index contributed by atoms with van der Waals surface area (Å²) in [5.41, 5.74) is 13.1. The Balaban J connectivity index is 1.92. The van der Waals surface area contributed by atoms with E-state index < -0.39 is 0 Å². The number of nitrogen functional groups attached to an aromatic ring is 1. The number of H-pyrrole nitrogens is 1. The van der Waals surface area contributed by atoms with Gasteiger partial charge in [0, 0.05) is 18.1 Å². The van der Waals surface area contributed by atoms with Crippen LogP contribution in [-0.2, 0) is 6.42 Å². The molecule has 2 atom stereocenters. The third kappa shape index (κ3) is 1.67. The lowest BCUT2D eigenvalue weighted by Crippen LogP contribution is -2.30. The highest BCUT2D eigenvalue weighted by molar-refractivity contribution is 5.90. The van der Waals surface area contributed by atoms with E-state index >= 15 is 0 Å². The molecule has 20 heavy (non-hydrogen) atoms. The maximum atomic E-state index is 6.52. The van der Waals surface area contributed by atoms with Crippen LogP contribution in [0.15, 0.2) is 35.9 Å². The van der Waals surface area contributed by atoms with Gasteiger partial charge in [0.15, 0.2) is 5.69 Å². The zero-order valence-corrected chi connectivity index (χ0v) is 11.9. The number of pyridine rings is 1. The van der Waals surface area contributed by atoms with Crippen molar-refractivity contribution in [3.63, 3.8) is 0 Å². The molecule has 2 bridgehead atoms. The highest BCUT2D eigenvalue weighted by atomic mass is 14.7. The van der Waals surface area contributed by atoms with E-state index in [2.05, 4.69) is 42.2 Å². The van der Waals surface area contributed by atoms with Gasteiger partial charge in [0.2, 0.25) is 5.52 Å². The van der Waals surface area contributed by atoms with Crippen molar-refractivity contribution in [2.75, 3.05) is 5.73 Å². The van der Waals surface area contributed by atoms with Gasteiger partial charge in [0.05, 0.1) is 11.1 Å². The van der Waals surface area contributed by atoms with Crippen LogP contribution >= 0.6 is 0 Å². The Morgan fingerprint density at radius 1 is 1.25 bits per heavy atom. The molecule has 0 radical (unpaired) electrons. The highest BCUT2D eigenvalue weighted by Crippen LogP contribution is 2.46. The van der Waals surface area contributed by atoms with Crippen molar-refractivity contribution in [3.05, 3.63) is 47.2 Å². The first-order chi connectivity index (χ1) is 9.76. The number of aromatic nitrogens is 1. The zero-order valence-electron chi connectivity index (χ0n) is 11.9. The van der Waals surface area contributed by atoms with Crippen LogP contribution in [0.4, 0.5) is 5.69 Å². The molecule has 0 unspecified atom stereocenters. The molecule has 2 nitrogen and oxygen atoms in total. The van der Waals surface area contributed by atoms with Crippen molar-refractivity contribution < 1.29 is 4.98 Å². The van der Waals surface area contributed by atoms with Crippen LogP contribution in [0.3, 0.4) is 0 Å². The second kappa shape index (κ2) is 4.34. The number of rotatable bonds is 1. The van der Waals surface area contributed by atoms with Crippen LogP contribution < -0.4 is 10.7 Å². The largest absolute Gasteiger partial charge is 0.398 e. The molecular formula is C18H21N2+. The standard InChI is InChI=1S/C18H20N2/c1-2-11-7-12-9-13(8-11)17-16(10-12)20-15-6-4-3-5-14(15)18(17)19/h3-7,12-13H,2,8-10H2,1H3,(H2,19,20)/p+1/t12-,13+/m0/s1. The van der Waals surface area contributed by atoms with Crippen molar-refractivity contribution in [1.29, 1.82) is 0 Å². The van der Waals surface area contributed by atoms with Gasteiger partial charge in [0.25, 0.3) is 0 Å². The summed E-state index contributed by atoms with van der Waals surface area (Å²) in [7, 11) is 0. The summed E-state index contributed by atoms with van der Waals surface area (Å²) in [5, 5.41) is 1.18. The predicted octanol–water partition coefficient (Wildman–Crippen LogP) is 3.62. The van der Waals surface area contributed by atoms with E-state index in [1.165, 1.54) is 41.4 Å². The van der Waals surface area contributed by atoms with Gasteiger partial charge < -0.3 is 5.73 Å². The monoisotopic (exact) mass is 265 g/mol. The normalized spacial score (nSPS) is 24.4. The van der Waals surface area contributed by atoms with E-state index in [9.17, 15) is 0 Å². The van der Waals surface area contributed by atoms with Crippen molar-refractivity contribution in [2.45, 2.75) is 38.5 Å². The third-order valence-electron chi connectivity index (χ3n) is 5.01. The van der Waals surface area contributed by atoms with Gasteiger partial charge in [-0.05, 0) is 37.2 Å². The molecule has 3 N–H and O–H groups in total. The maximum absolute atomic E-state index is 6.52. The predicted molar refractivity (Wildman–Crippen MR) is 82.5 cm³/mol. The minimum atomic E-state index is 0.615. The molecule has 2 heteroatoms. The Kier molecular flexibility index (Phi) is 2.59. The highest BCUT2D eigenvalue weighted by Gasteiger charge is 2.36. The summed E-state index contributed by atoms with van der Waals surface area (Å²) < 4.78 is 0. The van der Waals surface area contributed by atoms with Crippen LogP contribution in [0.5, 0.6) is 0 Å². The molecule has 1 aromatic carbocycles. The van der Waals surface area contributed by atoms with E-state index in [1.54, 1.807) is 5.57 Å². The van der Waals surface area contributed by atoms with Crippen LogP contribution in [0.2, 0.25) is 0 Å². The third-order valence-corrected chi connectivity index (χ3v) is 5.01. The van der Waals surface area contributed by atoms with Gasteiger partial charge in [-0.2, -0.15) is 0 Å². The van der Waals surface area contributed by atoms with Crippen molar-refractivity contribution in [3.8, 4) is 0 Å². The molecule has 1 heterocycles. The second-order valence-corrected chi connectivity index (χ2v) is 6.26. The lowest BCUT2D eigenvalue weighted by Gasteiger charge is -2.33. The average Bonchev–Trinajstić information content (AvgIpc) is 2.46. The van der Waals surface area contributed by atoms with Gasteiger partial charge in [-0.25, -0.2) is 4.98 Å². The van der Waals surface area contributed by atoms with Crippen molar-refractivity contribution >= 4 is 16.6 Å². The molecule has 4 rings (SSSR count). The molecule has 2 aliphatic carbocycles. The Morgan fingerprint density at radius 3 is 2.95 bits per heavy atom. The van der Waals surface area contributed by atoms with E-state index in [-0.39, 0.29) is 0 Å². The molecule has 0 saturated heterocycles. The summed E-state index contributed by atoms with van der Waals surface area (Å²) in [6, 6.07) is 8.41. The van der Waals surface area contributed by atoms with Gasteiger partial charge in [-0.1, -0.05) is 30.7 Å². The number of hydrogen-bond donors (Lipinski definition) is 1. The Labute approximate surface area is 119 Å². The number of fused-ring (bicyclic) bond motifs is 5. The topological polar surface area (TPSA) is 40.2 Å². The number of para-hydroxylation sites is 1. The van der Waals surface area contributed by atoms with Crippen molar-refractivity contribution in [2.24, 2.45) is 5.92 Å². The minimum Gasteiger partial charge on any atom is -0.398 e. The molecule has 2 aliphatic rings. The fourth-order valence-corrected chi connectivity index (χ4v) is 4.11. The average molecular weight is 265 g/mol. The zero-order chi connectivity index (χ0) is 13.7. The molecule has 0 saturated carbocycles. The Hall–Kier alpha value is -1.83. The molecule has 0 spiro atoms. The van der Waals surface area contributed by atoms with E-state index in [4.69, 9.17) is 5.73 Å². The molecule has 0 amide bonds. The summed E-state index contributed by atoms with van der Waals surface area (Å²) >= 11 is 0. The summed E-state index contributed by atoms with van der Waals surface area (Å²) in [4.78, 5) is 3.64. The number of aromatic amines is 1. The lowest BCUT2D eigenvalue weighted by atomic mass is 9.70. The van der Waals surface area contributed by atoms with Gasteiger partial charge >= 0.3 is 0 Å². The van der Waals surface area contributed by atoms with Crippen LogP contribution in [0.1, 0.15) is 43.4 Å². The van der Waals surface area contributed by atoms with Crippen LogP contribution in [0.25, 0.3) is 10.9 Å². The first-order valence-corrected chi connectivity index (χ1v) is 7.68. The number of benzene rings is 1. The van der Waals surface area contributed by atoms with Gasteiger partial charge in [-0.15, -0.1) is 0 Å². The number of nitrogens with two attached hydrogens (primary N) is 1. The maximum Gasteiger partial charge on any atom is 0.213 e. The minimum absolute atomic E-state index is 0.615. The fraction of sp³-hybridized carbons (Fsp3) is 0.389. The quantitative estimate of drug-likeness (QED) is 0.786. The van der Waals surface area contributed by atoms with Gasteiger partial charge in [-0.3, -0.25) is 0 Å². The summed E-state index contributed by atoms with van der Waals surface area (Å²) in [6.07, 6.45) is 7.27. The molecule has 1 aromatic heterocycles. The van der Waals surface area contributed by atoms with Crippen LogP contribution in [0, 0.1) is 5.92 Å². The lowest BCUT2D eigenvalue weighted by molar-refractivity contribution is -0.360. The molecule has 0 aliphatic heterocycles. The molecule has 102 valence electrons. The number of anilines is 1. The van der Waals surface area contributed by atoms with Gasteiger partial charge in [0.1, 0.15) is 0 Å². The summed E-state index contributed by atoms with van der Waals surface area (Å²) in [5.74, 6) is 1.32. The van der Waals surface area contributed by atoms with Crippen molar-refractivity contribution in [1.82, 2.24) is 0 Å². The molecule has 2 aromatic rings. The number of hydrogen-bond acceptors (Lipinski definition) is 1. The van der Waals surface area contributed by atoms with E-state index in [1.807, 2.05) is 0 Å². The molecular weight excluding hydrogens is 244 g/mol. The Morgan fingerprint density at radius 2 is 2.10 bits per heavy atom. The summed E-state index contributed by atoms with van der Waals surface area (Å²) in [6.45, 7) is 2.27. The number of nitrogens with one attached hydrogen (secondary N) is 1. The number of allylic oxidation sites excluding steroid dienone is 2. The SMILES string of the molecule is CCC1=C[C@@H]2Cc3[nH+]c4ccccc4c(N)c3[C@H](C1)C2. The van der Waals surface area contributed by atoms with E-state index in [0.29, 0.717) is 11.8 Å². The second-order valence-electron chi connectivity index (χ2n) is 6.26. The van der Waals surface area contributed by atoms with Crippen LogP contribution in [-0.4, -0.2) is 0 Å². The smallest absolute Gasteiger partial charge is 0.213 e. The fourth-order valence-electron chi connectivity index (χ4n) is 4.11.